The summed E-state index contributed by atoms with van der Waals surface area (Å²) in [6, 6.07) is 15.1. The number of halogens is 1. The predicted octanol–water partition coefficient (Wildman–Crippen LogP) is 3.77. The van der Waals surface area contributed by atoms with Crippen LogP contribution >= 0.6 is 11.6 Å². The number of hydrogen-bond donors (Lipinski definition) is 1. The monoisotopic (exact) mass is 328 g/mol. The number of rotatable bonds is 4. The van der Waals surface area contributed by atoms with E-state index in [-0.39, 0.29) is 5.91 Å². The van der Waals surface area contributed by atoms with E-state index in [0.717, 1.165) is 22.2 Å². The molecule has 3 rings (SSSR count). The van der Waals surface area contributed by atoms with Gasteiger partial charge in [0.25, 0.3) is 5.91 Å². The van der Waals surface area contributed by atoms with Crippen LogP contribution in [0.3, 0.4) is 0 Å². The third-order valence-electron chi connectivity index (χ3n) is 3.87. The number of aryl methyl sites for hydroxylation is 1. The summed E-state index contributed by atoms with van der Waals surface area (Å²) in [7, 11) is 3.48. The smallest absolute Gasteiger partial charge is 0.268 e. The summed E-state index contributed by atoms with van der Waals surface area (Å²) in [6.07, 6.45) is 0. The molecule has 2 aromatic carbocycles. The van der Waals surface area contributed by atoms with E-state index in [9.17, 15) is 4.79 Å². The van der Waals surface area contributed by atoms with Crippen molar-refractivity contribution < 1.29 is 9.53 Å². The van der Waals surface area contributed by atoms with Crippen LogP contribution in [-0.4, -0.2) is 17.6 Å². The zero-order valence-electron chi connectivity index (χ0n) is 13.0. The van der Waals surface area contributed by atoms with Crippen LogP contribution in [0.25, 0.3) is 10.9 Å². The second kappa shape index (κ2) is 6.34. The fourth-order valence-corrected chi connectivity index (χ4v) is 2.80. The molecule has 0 aliphatic heterocycles. The molecule has 0 bridgehead atoms. The summed E-state index contributed by atoms with van der Waals surface area (Å²) in [5, 5.41) is 4.57. The van der Waals surface area contributed by atoms with Crippen molar-refractivity contribution in [3.05, 3.63) is 64.8 Å². The highest BCUT2D eigenvalue weighted by Gasteiger charge is 2.14. The van der Waals surface area contributed by atoms with Gasteiger partial charge in [0.15, 0.2) is 0 Å². The van der Waals surface area contributed by atoms with E-state index in [1.807, 2.05) is 60.1 Å². The van der Waals surface area contributed by atoms with E-state index < -0.39 is 0 Å². The lowest BCUT2D eigenvalue weighted by atomic mass is 10.2. The van der Waals surface area contributed by atoms with Crippen LogP contribution in [0.4, 0.5) is 0 Å². The van der Waals surface area contributed by atoms with Crippen molar-refractivity contribution in [1.82, 2.24) is 9.88 Å². The van der Waals surface area contributed by atoms with Gasteiger partial charge in [-0.05, 0) is 24.3 Å². The van der Waals surface area contributed by atoms with Gasteiger partial charge in [-0.15, -0.1) is 0 Å². The Morgan fingerprint density at radius 3 is 2.78 bits per heavy atom. The van der Waals surface area contributed by atoms with E-state index in [4.69, 9.17) is 16.3 Å². The standard InChI is InChI=1S/C18H17ClN2O2/c1-21-15-10-14(19)8-7-12(15)9-16(21)18(22)20-11-13-5-3-4-6-17(13)23-2/h3-10H,11H2,1-2H3,(H,20,22). The Labute approximate surface area is 139 Å². The fraction of sp³-hybridized carbons (Fsp3) is 0.167. The van der Waals surface area contributed by atoms with Gasteiger partial charge < -0.3 is 14.6 Å². The fourth-order valence-electron chi connectivity index (χ4n) is 2.64. The summed E-state index contributed by atoms with van der Waals surface area (Å²) in [5.41, 5.74) is 2.46. The molecule has 4 nitrogen and oxygen atoms in total. The van der Waals surface area contributed by atoms with Gasteiger partial charge in [0.1, 0.15) is 11.4 Å². The molecule has 3 aromatic rings. The number of benzene rings is 2. The highest BCUT2D eigenvalue weighted by atomic mass is 35.5. The molecule has 1 N–H and O–H groups in total. The molecule has 1 amide bonds. The summed E-state index contributed by atoms with van der Waals surface area (Å²) in [5.74, 6) is 0.627. The molecule has 0 atom stereocenters. The summed E-state index contributed by atoms with van der Waals surface area (Å²) < 4.78 is 7.14. The predicted molar refractivity (Wildman–Crippen MR) is 92.1 cm³/mol. The molecule has 1 heterocycles. The van der Waals surface area contributed by atoms with E-state index in [1.165, 1.54) is 0 Å². The SMILES string of the molecule is COc1ccccc1CNC(=O)c1cc2ccc(Cl)cc2n1C. The highest BCUT2D eigenvalue weighted by molar-refractivity contribution is 6.31. The third-order valence-corrected chi connectivity index (χ3v) is 4.11. The number of carbonyl (C=O) groups excluding carboxylic acids is 1. The van der Waals surface area contributed by atoms with Crippen molar-refractivity contribution >= 4 is 28.4 Å². The van der Waals surface area contributed by atoms with Gasteiger partial charge in [-0.2, -0.15) is 0 Å². The number of para-hydroxylation sites is 1. The Balaban J connectivity index is 1.82. The molecule has 0 aliphatic carbocycles. The maximum Gasteiger partial charge on any atom is 0.268 e. The Hall–Kier alpha value is -2.46. The van der Waals surface area contributed by atoms with Crippen molar-refractivity contribution in [3.63, 3.8) is 0 Å². The van der Waals surface area contributed by atoms with Gasteiger partial charge in [-0.3, -0.25) is 4.79 Å². The van der Waals surface area contributed by atoms with Gasteiger partial charge in [0, 0.05) is 35.1 Å². The van der Waals surface area contributed by atoms with E-state index >= 15 is 0 Å². The molecule has 0 aliphatic rings. The first-order valence-electron chi connectivity index (χ1n) is 7.25. The molecule has 0 radical (unpaired) electrons. The first-order valence-corrected chi connectivity index (χ1v) is 7.63. The first kappa shape index (κ1) is 15.4. The van der Waals surface area contributed by atoms with Crippen molar-refractivity contribution in [3.8, 4) is 5.75 Å². The normalized spacial score (nSPS) is 10.7. The number of aromatic nitrogens is 1. The van der Waals surface area contributed by atoms with Crippen LogP contribution in [0.5, 0.6) is 5.75 Å². The first-order chi connectivity index (χ1) is 11.1. The molecule has 1 aromatic heterocycles. The van der Waals surface area contributed by atoms with Crippen LogP contribution in [-0.2, 0) is 13.6 Å². The van der Waals surface area contributed by atoms with E-state index in [2.05, 4.69) is 5.32 Å². The average Bonchev–Trinajstić information content (AvgIpc) is 2.89. The van der Waals surface area contributed by atoms with Crippen molar-refractivity contribution in [2.24, 2.45) is 7.05 Å². The van der Waals surface area contributed by atoms with Gasteiger partial charge >= 0.3 is 0 Å². The maximum absolute atomic E-state index is 12.5. The number of methoxy groups -OCH3 is 1. The minimum atomic E-state index is -0.134. The summed E-state index contributed by atoms with van der Waals surface area (Å²) in [4.78, 5) is 12.5. The van der Waals surface area contributed by atoms with Crippen LogP contribution < -0.4 is 10.1 Å². The minimum absolute atomic E-state index is 0.134. The van der Waals surface area contributed by atoms with Crippen molar-refractivity contribution in [2.45, 2.75) is 6.54 Å². The van der Waals surface area contributed by atoms with E-state index in [0.29, 0.717) is 17.3 Å². The number of ether oxygens (including phenoxy) is 1. The molecule has 0 unspecified atom stereocenters. The topological polar surface area (TPSA) is 43.3 Å². The summed E-state index contributed by atoms with van der Waals surface area (Å²) >= 11 is 6.03. The number of fused-ring (bicyclic) bond motifs is 1. The lowest BCUT2D eigenvalue weighted by Crippen LogP contribution is -2.25. The Bertz CT molecular complexity index is 871. The summed E-state index contributed by atoms with van der Waals surface area (Å²) in [6.45, 7) is 0.408. The Morgan fingerprint density at radius 2 is 2.00 bits per heavy atom. The number of carbonyl (C=O) groups is 1. The van der Waals surface area contributed by atoms with Gasteiger partial charge in [-0.1, -0.05) is 35.9 Å². The molecule has 0 saturated heterocycles. The molecule has 0 fully saturated rings. The highest BCUT2D eigenvalue weighted by Crippen LogP contribution is 2.23. The largest absolute Gasteiger partial charge is 0.496 e. The second-order valence-corrected chi connectivity index (χ2v) is 5.72. The lowest BCUT2D eigenvalue weighted by molar-refractivity contribution is 0.0943. The van der Waals surface area contributed by atoms with Crippen molar-refractivity contribution in [1.29, 1.82) is 0 Å². The molecule has 118 valence electrons. The minimum Gasteiger partial charge on any atom is -0.496 e. The molecular formula is C18H17ClN2O2. The molecule has 0 saturated carbocycles. The molecule has 23 heavy (non-hydrogen) atoms. The van der Waals surface area contributed by atoms with Gasteiger partial charge in [0.05, 0.1) is 7.11 Å². The second-order valence-electron chi connectivity index (χ2n) is 5.29. The Morgan fingerprint density at radius 1 is 1.22 bits per heavy atom. The van der Waals surface area contributed by atoms with Crippen molar-refractivity contribution in [2.75, 3.05) is 7.11 Å². The van der Waals surface area contributed by atoms with Crippen LogP contribution in [0, 0.1) is 0 Å². The van der Waals surface area contributed by atoms with Gasteiger partial charge in [0.2, 0.25) is 0 Å². The van der Waals surface area contributed by atoms with Crippen LogP contribution in [0.2, 0.25) is 5.02 Å². The average molecular weight is 329 g/mol. The number of amides is 1. The molecule has 5 heteroatoms. The quantitative estimate of drug-likeness (QED) is 0.792. The zero-order valence-corrected chi connectivity index (χ0v) is 13.7. The zero-order chi connectivity index (χ0) is 16.4. The van der Waals surface area contributed by atoms with Gasteiger partial charge in [-0.25, -0.2) is 0 Å². The maximum atomic E-state index is 12.5. The van der Waals surface area contributed by atoms with E-state index in [1.54, 1.807) is 7.11 Å². The number of nitrogens with zero attached hydrogens (tertiary/aromatic N) is 1. The molecular weight excluding hydrogens is 312 g/mol. The Kier molecular flexibility index (Phi) is 4.26. The third kappa shape index (κ3) is 3.03. The lowest BCUT2D eigenvalue weighted by Gasteiger charge is -2.10. The number of hydrogen-bond acceptors (Lipinski definition) is 2. The molecule has 0 spiro atoms. The van der Waals surface area contributed by atoms with Crippen LogP contribution in [0.15, 0.2) is 48.5 Å². The number of nitrogens with one attached hydrogen (secondary N) is 1. The van der Waals surface area contributed by atoms with Crippen LogP contribution in [0.1, 0.15) is 16.1 Å².